The second-order valence-corrected chi connectivity index (χ2v) is 7.66. The maximum atomic E-state index is 10.5. The molecule has 0 radical (unpaired) electrons. The van der Waals surface area contributed by atoms with Crippen LogP contribution in [-0.2, 0) is 13.0 Å². The molecule has 0 atom stereocenters. The molecule has 3 nitrogen and oxygen atoms in total. The first-order valence-electron chi connectivity index (χ1n) is 9.77. The fourth-order valence-electron chi connectivity index (χ4n) is 3.85. The number of ether oxygens (including phenoxy) is 1. The van der Waals surface area contributed by atoms with Gasteiger partial charge in [-0.3, -0.25) is 4.90 Å². The average Bonchev–Trinajstić information content (AvgIpc) is 2.65. The number of methoxy groups -OCH3 is 1. The highest BCUT2D eigenvalue weighted by atomic mass is 16.5. The number of nitrogens with zero attached hydrogens (tertiary/aromatic N) is 1. The number of rotatable bonds is 6. The molecule has 0 amide bonds. The Balaban J connectivity index is 1.86. The zero-order chi connectivity index (χ0) is 18.5. The van der Waals surface area contributed by atoms with Crippen LogP contribution in [0.5, 0.6) is 11.5 Å². The zero-order valence-electron chi connectivity index (χ0n) is 16.3. The molecular formula is C23H31NO2. The molecule has 2 aromatic carbocycles. The molecule has 1 heterocycles. The molecule has 1 fully saturated rings. The molecular weight excluding hydrogens is 322 g/mol. The summed E-state index contributed by atoms with van der Waals surface area (Å²) in [6.45, 7) is 7.70. The Morgan fingerprint density at radius 1 is 1.00 bits per heavy atom. The van der Waals surface area contributed by atoms with Crippen molar-refractivity contribution in [1.29, 1.82) is 0 Å². The Labute approximate surface area is 157 Å². The van der Waals surface area contributed by atoms with Crippen LogP contribution in [0.1, 0.15) is 61.3 Å². The number of hydrogen-bond donors (Lipinski definition) is 1. The van der Waals surface area contributed by atoms with E-state index in [0.29, 0.717) is 11.7 Å². The molecule has 1 saturated heterocycles. The molecule has 1 aliphatic heterocycles. The van der Waals surface area contributed by atoms with E-state index in [1.807, 2.05) is 0 Å². The average molecular weight is 354 g/mol. The Hall–Kier alpha value is -2.00. The van der Waals surface area contributed by atoms with Gasteiger partial charge in [0.25, 0.3) is 0 Å². The van der Waals surface area contributed by atoms with Gasteiger partial charge < -0.3 is 9.84 Å². The third-order valence-corrected chi connectivity index (χ3v) is 5.39. The van der Waals surface area contributed by atoms with Gasteiger partial charge in [0.2, 0.25) is 0 Å². The smallest absolute Gasteiger partial charge is 0.126 e. The molecule has 1 N–H and O–H groups in total. The molecule has 0 spiro atoms. The van der Waals surface area contributed by atoms with Crippen LogP contribution in [0.4, 0.5) is 0 Å². The number of benzene rings is 2. The van der Waals surface area contributed by atoms with Gasteiger partial charge in [-0.25, -0.2) is 0 Å². The minimum Gasteiger partial charge on any atom is -0.508 e. The molecule has 26 heavy (non-hydrogen) atoms. The molecule has 0 aromatic heterocycles. The van der Waals surface area contributed by atoms with Crippen molar-refractivity contribution in [3.8, 4) is 11.5 Å². The topological polar surface area (TPSA) is 32.7 Å². The van der Waals surface area contributed by atoms with Crippen LogP contribution in [0.25, 0.3) is 0 Å². The molecule has 2 aromatic rings. The summed E-state index contributed by atoms with van der Waals surface area (Å²) < 4.78 is 5.45. The SMILES string of the molecule is COc1cc(O)c(Cc2ccccc2CN2CCCCC2)cc1C(C)C. The lowest BCUT2D eigenvalue weighted by Crippen LogP contribution is -2.29. The van der Waals surface area contributed by atoms with Gasteiger partial charge in [-0.1, -0.05) is 44.5 Å². The first-order valence-corrected chi connectivity index (χ1v) is 9.77. The Morgan fingerprint density at radius 3 is 2.35 bits per heavy atom. The molecule has 0 saturated carbocycles. The van der Waals surface area contributed by atoms with Crippen LogP contribution >= 0.6 is 0 Å². The molecule has 0 unspecified atom stereocenters. The lowest BCUT2D eigenvalue weighted by Gasteiger charge is -2.27. The summed E-state index contributed by atoms with van der Waals surface area (Å²) in [7, 11) is 1.66. The lowest BCUT2D eigenvalue weighted by molar-refractivity contribution is 0.220. The van der Waals surface area contributed by atoms with E-state index in [1.54, 1.807) is 13.2 Å². The fourth-order valence-corrected chi connectivity index (χ4v) is 3.85. The number of aromatic hydroxyl groups is 1. The van der Waals surface area contributed by atoms with E-state index in [0.717, 1.165) is 29.8 Å². The second-order valence-electron chi connectivity index (χ2n) is 7.66. The van der Waals surface area contributed by atoms with Gasteiger partial charge in [0.05, 0.1) is 7.11 Å². The standard InChI is InChI=1S/C23H31NO2/c1-17(2)21-14-20(22(25)15-23(21)26-3)13-18-9-5-6-10-19(18)16-24-11-7-4-8-12-24/h5-6,9-10,14-15,17,25H,4,7-8,11-13,16H2,1-3H3. The van der Waals surface area contributed by atoms with Gasteiger partial charge in [0.1, 0.15) is 11.5 Å². The highest BCUT2D eigenvalue weighted by Gasteiger charge is 2.16. The van der Waals surface area contributed by atoms with Crippen LogP contribution in [0.2, 0.25) is 0 Å². The summed E-state index contributed by atoms with van der Waals surface area (Å²) in [6, 6.07) is 12.5. The van der Waals surface area contributed by atoms with Gasteiger partial charge in [0, 0.05) is 19.0 Å². The van der Waals surface area contributed by atoms with E-state index in [2.05, 4.69) is 49.1 Å². The van der Waals surface area contributed by atoms with E-state index in [1.165, 1.54) is 43.5 Å². The van der Waals surface area contributed by atoms with Crippen molar-refractivity contribution >= 4 is 0 Å². The summed E-state index contributed by atoms with van der Waals surface area (Å²) in [5, 5.41) is 10.5. The van der Waals surface area contributed by atoms with E-state index < -0.39 is 0 Å². The molecule has 3 rings (SSSR count). The number of hydrogen-bond acceptors (Lipinski definition) is 3. The maximum Gasteiger partial charge on any atom is 0.126 e. The number of phenols is 1. The molecule has 140 valence electrons. The van der Waals surface area contributed by atoms with Crippen molar-refractivity contribution in [2.45, 2.75) is 52.0 Å². The summed E-state index contributed by atoms with van der Waals surface area (Å²) >= 11 is 0. The Bertz CT molecular complexity index is 733. The van der Waals surface area contributed by atoms with Crippen molar-refractivity contribution in [3.05, 3.63) is 58.7 Å². The molecule has 1 aliphatic rings. The van der Waals surface area contributed by atoms with E-state index in [9.17, 15) is 5.11 Å². The van der Waals surface area contributed by atoms with Gasteiger partial charge in [0.15, 0.2) is 0 Å². The van der Waals surface area contributed by atoms with Crippen LogP contribution in [0.15, 0.2) is 36.4 Å². The number of likely N-dealkylation sites (tertiary alicyclic amines) is 1. The largest absolute Gasteiger partial charge is 0.508 e. The highest BCUT2D eigenvalue weighted by molar-refractivity contribution is 5.49. The minimum atomic E-state index is 0.319. The van der Waals surface area contributed by atoms with E-state index in [4.69, 9.17) is 4.74 Å². The van der Waals surface area contributed by atoms with Crippen molar-refractivity contribution in [3.63, 3.8) is 0 Å². The minimum absolute atomic E-state index is 0.319. The van der Waals surface area contributed by atoms with Crippen molar-refractivity contribution < 1.29 is 9.84 Å². The quantitative estimate of drug-likeness (QED) is 0.784. The zero-order valence-corrected chi connectivity index (χ0v) is 16.3. The summed E-state index contributed by atoms with van der Waals surface area (Å²) in [5.74, 6) is 1.44. The first-order chi connectivity index (χ1) is 12.6. The molecule has 3 heteroatoms. The first kappa shape index (κ1) is 18.8. The normalized spacial score (nSPS) is 15.4. The summed E-state index contributed by atoms with van der Waals surface area (Å²) in [4.78, 5) is 2.55. The fraction of sp³-hybridized carbons (Fsp3) is 0.478. The molecule has 0 aliphatic carbocycles. The van der Waals surface area contributed by atoms with Crippen LogP contribution in [0, 0.1) is 0 Å². The van der Waals surface area contributed by atoms with Crippen LogP contribution in [-0.4, -0.2) is 30.2 Å². The van der Waals surface area contributed by atoms with Crippen LogP contribution < -0.4 is 4.74 Å². The third-order valence-electron chi connectivity index (χ3n) is 5.39. The number of phenolic OH excluding ortho intramolecular Hbond substituents is 1. The number of piperidine rings is 1. The van der Waals surface area contributed by atoms with Gasteiger partial charge in [-0.15, -0.1) is 0 Å². The van der Waals surface area contributed by atoms with Gasteiger partial charge in [-0.05, 0) is 60.2 Å². The van der Waals surface area contributed by atoms with Gasteiger partial charge in [-0.2, -0.15) is 0 Å². The van der Waals surface area contributed by atoms with Crippen molar-refractivity contribution in [2.24, 2.45) is 0 Å². The summed E-state index contributed by atoms with van der Waals surface area (Å²) in [6.07, 6.45) is 4.72. The monoisotopic (exact) mass is 353 g/mol. The Kier molecular flexibility index (Phi) is 6.20. The second kappa shape index (κ2) is 8.59. The van der Waals surface area contributed by atoms with Crippen molar-refractivity contribution in [1.82, 2.24) is 4.90 Å². The maximum absolute atomic E-state index is 10.5. The van der Waals surface area contributed by atoms with Crippen LogP contribution in [0.3, 0.4) is 0 Å². The van der Waals surface area contributed by atoms with E-state index in [-0.39, 0.29) is 0 Å². The predicted octanol–water partition coefficient (Wildman–Crippen LogP) is 5.10. The third kappa shape index (κ3) is 4.39. The van der Waals surface area contributed by atoms with E-state index >= 15 is 0 Å². The van der Waals surface area contributed by atoms with Crippen molar-refractivity contribution in [2.75, 3.05) is 20.2 Å². The van der Waals surface area contributed by atoms with Gasteiger partial charge >= 0.3 is 0 Å². The Morgan fingerprint density at radius 2 is 1.69 bits per heavy atom. The highest BCUT2D eigenvalue weighted by Crippen LogP contribution is 2.34. The lowest BCUT2D eigenvalue weighted by atomic mass is 9.93. The predicted molar refractivity (Wildman–Crippen MR) is 107 cm³/mol. The molecule has 0 bridgehead atoms. The summed E-state index contributed by atoms with van der Waals surface area (Å²) in [5.41, 5.74) is 4.79.